The van der Waals surface area contributed by atoms with E-state index in [9.17, 15) is 4.39 Å². The van der Waals surface area contributed by atoms with Gasteiger partial charge in [-0.3, -0.25) is 4.98 Å². The lowest BCUT2D eigenvalue weighted by molar-refractivity contribution is 0.622. The van der Waals surface area contributed by atoms with Crippen molar-refractivity contribution in [1.29, 1.82) is 0 Å². The molecule has 0 aliphatic carbocycles. The first-order chi connectivity index (χ1) is 7.79. The fourth-order valence-corrected chi connectivity index (χ4v) is 1.72. The third-order valence-corrected chi connectivity index (χ3v) is 2.49. The van der Waals surface area contributed by atoms with Crippen LogP contribution in [0.1, 0.15) is 18.9 Å². The van der Waals surface area contributed by atoms with E-state index in [2.05, 4.69) is 24.0 Å². The lowest BCUT2D eigenvalue weighted by Crippen LogP contribution is -1.87. The zero-order valence-corrected chi connectivity index (χ0v) is 9.28. The largest absolute Gasteiger partial charge is 0.253 e. The summed E-state index contributed by atoms with van der Waals surface area (Å²) in [6.07, 6.45) is 3.44. The van der Waals surface area contributed by atoms with E-state index in [1.165, 1.54) is 17.8 Å². The highest BCUT2D eigenvalue weighted by atomic mass is 19.1. The van der Waals surface area contributed by atoms with Crippen molar-refractivity contribution in [1.82, 2.24) is 4.98 Å². The number of nitrogens with zero attached hydrogens (tertiary/aromatic N) is 1. The highest BCUT2D eigenvalue weighted by Crippen LogP contribution is 2.18. The Bertz CT molecular complexity index is 462. The molecule has 16 heavy (non-hydrogen) atoms. The maximum Gasteiger partial charge on any atom is 0.141 e. The van der Waals surface area contributed by atoms with Gasteiger partial charge in [0.1, 0.15) is 5.82 Å². The molecule has 0 unspecified atom stereocenters. The average molecular weight is 215 g/mol. The van der Waals surface area contributed by atoms with E-state index in [1.807, 2.05) is 12.1 Å². The molecular weight excluding hydrogens is 201 g/mol. The van der Waals surface area contributed by atoms with Crippen molar-refractivity contribution < 1.29 is 4.39 Å². The van der Waals surface area contributed by atoms with Gasteiger partial charge in [0.2, 0.25) is 0 Å². The van der Waals surface area contributed by atoms with Crippen molar-refractivity contribution in [2.24, 2.45) is 0 Å². The summed E-state index contributed by atoms with van der Waals surface area (Å²) >= 11 is 0. The van der Waals surface area contributed by atoms with Crippen LogP contribution in [-0.2, 0) is 6.42 Å². The molecule has 0 saturated carbocycles. The second-order valence-electron chi connectivity index (χ2n) is 3.81. The molecule has 0 aliphatic heterocycles. The number of aryl methyl sites for hydroxylation is 1. The first kappa shape index (κ1) is 10.8. The molecule has 1 aromatic carbocycles. The number of pyridine rings is 1. The molecule has 0 spiro atoms. The maximum atomic E-state index is 12.7. The van der Waals surface area contributed by atoms with Gasteiger partial charge in [0.15, 0.2) is 0 Å². The van der Waals surface area contributed by atoms with E-state index >= 15 is 0 Å². The SMILES string of the molecule is CCCc1cccc(-c2ccc(F)cn2)c1. The van der Waals surface area contributed by atoms with Crippen LogP contribution in [0.25, 0.3) is 11.3 Å². The Balaban J connectivity index is 2.32. The van der Waals surface area contributed by atoms with Crippen LogP contribution in [0.4, 0.5) is 4.39 Å². The predicted octanol–water partition coefficient (Wildman–Crippen LogP) is 3.84. The third-order valence-electron chi connectivity index (χ3n) is 2.49. The van der Waals surface area contributed by atoms with Gasteiger partial charge in [-0.25, -0.2) is 4.39 Å². The molecule has 0 aliphatic rings. The molecule has 82 valence electrons. The number of hydrogen-bond donors (Lipinski definition) is 0. The van der Waals surface area contributed by atoms with Gasteiger partial charge in [0.25, 0.3) is 0 Å². The summed E-state index contributed by atoms with van der Waals surface area (Å²) in [6, 6.07) is 11.4. The van der Waals surface area contributed by atoms with Crippen molar-refractivity contribution in [2.75, 3.05) is 0 Å². The van der Waals surface area contributed by atoms with Crippen LogP contribution in [0.3, 0.4) is 0 Å². The van der Waals surface area contributed by atoms with Gasteiger partial charge in [-0.2, -0.15) is 0 Å². The van der Waals surface area contributed by atoms with Crippen LogP contribution in [0.15, 0.2) is 42.6 Å². The monoisotopic (exact) mass is 215 g/mol. The van der Waals surface area contributed by atoms with E-state index in [4.69, 9.17) is 0 Å². The standard InChI is InChI=1S/C14H14FN/c1-2-4-11-5-3-6-12(9-11)14-8-7-13(15)10-16-14/h3,5-10H,2,4H2,1H3. The molecule has 1 aromatic heterocycles. The molecule has 2 aromatic rings. The first-order valence-corrected chi connectivity index (χ1v) is 5.50. The molecule has 0 bridgehead atoms. The van der Waals surface area contributed by atoms with Gasteiger partial charge >= 0.3 is 0 Å². The van der Waals surface area contributed by atoms with Crippen LogP contribution >= 0.6 is 0 Å². The Labute approximate surface area is 95.0 Å². The summed E-state index contributed by atoms with van der Waals surface area (Å²) in [5.74, 6) is -0.298. The van der Waals surface area contributed by atoms with Gasteiger partial charge in [0.05, 0.1) is 11.9 Å². The van der Waals surface area contributed by atoms with Crippen molar-refractivity contribution in [3.05, 3.63) is 54.0 Å². The van der Waals surface area contributed by atoms with E-state index in [0.29, 0.717) is 0 Å². The Hall–Kier alpha value is -1.70. The lowest BCUT2D eigenvalue weighted by atomic mass is 10.0. The Kier molecular flexibility index (Phi) is 3.30. The summed E-state index contributed by atoms with van der Waals surface area (Å²) in [4.78, 5) is 4.07. The summed E-state index contributed by atoms with van der Waals surface area (Å²) < 4.78 is 12.7. The molecule has 0 atom stereocenters. The topological polar surface area (TPSA) is 12.9 Å². The number of benzene rings is 1. The highest BCUT2D eigenvalue weighted by Gasteiger charge is 2.00. The Morgan fingerprint density at radius 2 is 2.06 bits per heavy atom. The van der Waals surface area contributed by atoms with Crippen molar-refractivity contribution in [2.45, 2.75) is 19.8 Å². The van der Waals surface area contributed by atoms with Gasteiger partial charge in [-0.1, -0.05) is 31.5 Å². The summed E-state index contributed by atoms with van der Waals surface area (Å²) in [5, 5.41) is 0. The predicted molar refractivity (Wildman–Crippen MR) is 63.6 cm³/mol. The van der Waals surface area contributed by atoms with Gasteiger partial charge < -0.3 is 0 Å². The second-order valence-corrected chi connectivity index (χ2v) is 3.81. The van der Waals surface area contributed by atoms with E-state index < -0.39 is 0 Å². The molecular formula is C14H14FN. The smallest absolute Gasteiger partial charge is 0.141 e. The summed E-state index contributed by atoms with van der Waals surface area (Å²) in [5.41, 5.74) is 3.16. The normalized spacial score (nSPS) is 10.4. The maximum absolute atomic E-state index is 12.7. The molecule has 0 amide bonds. The second kappa shape index (κ2) is 4.88. The minimum Gasteiger partial charge on any atom is -0.253 e. The molecule has 0 radical (unpaired) electrons. The van der Waals surface area contributed by atoms with Crippen molar-refractivity contribution in [3.8, 4) is 11.3 Å². The van der Waals surface area contributed by atoms with Crippen LogP contribution < -0.4 is 0 Å². The number of aromatic nitrogens is 1. The molecule has 1 nitrogen and oxygen atoms in total. The summed E-state index contributed by atoms with van der Waals surface area (Å²) in [7, 11) is 0. The zero-order chi connectivity index (χ0) is 11.4. The Morgan fingerprint density at radius 3 is 2.75 bits per heavy atom. The average Bonchev–Trinajstić information content (AvgIpc) is 2.31. The van der Waals surface area contributed by atoms with E-state index in [0.717, 1.165) is 24.1 Å². The van der Waals surface area contributed by atoms with Gasteiger partial charge in [-0.05, 0) is 30.2 Å². The fourth-order valence-electron chi connectivity index (χ4n) is 1.72. The summed E-state index contributed by atoms with van der Waals surface area (Å²) in [6.45, 7) is 2.16. The van der Waals surface area contributed by atoms with E-state index in [-0.39, 0.29) is 5.82 Å². The molecule has 2 rings (SSSR count). The Morgan fingerprint density at radius 1 is 1.19 bits per heavy atom. The number of rotatable bonds is 3. The molecule has 0 saturated heterocycles. The minimum absolute atomic E-state index is 0.298. The number of halogens is 1. The van der Waals surface area contributed by atoms with Gasteiger partial charge in [0, 0.05) is 5.56 Å². The number of hydrogen-bond acceptors (Lipinski definition) is 1. The molecule has 0 N–H and O–H groups in total. The highest BCUT2D eigenvalue weighted by molar-refractivity contribution is 5.59. The fraction of sp³-hybridized carbons (Fsp3) is 0.214. The van der Waals surface area contributed by atoms with Crippen LogP contribution in [-0.4, -0.2) is 4.98 Å². The van der Waals surface area contributed by atoms with E-state index in [1.54, 1.807) is 6.07 Å². The third kappa shape index (κ3) is 2.45. The molecule has 1 heterocycles. The zero-order valence-electron chi connectivity index (χ0n) is 9.28. The molecule has 2 heteroatoms. The molecule has 0 fully saturated rings. The van der Waals surface area contributed by atoms with Crippen LogP contribution in [0.5, 0.6) is 0 Å². The van der Waals surface area contributed by atoms with Crippen molar-refractivity contribution in [3.63, 3.8) is 0 Å². The lowest BCUT2D eigenvalue weighted by Gasteiger charge is -2.03. The van der Waals surface area contributed by atoms with Crippen LogP contribution in [0.2, 0.25) is 0 Å². The van der Waals surface area contributed by atoms with Crippen LogP contribution in [0, 0.1) is 5.82 Å². The first-order valence-electron chi connectivity index (χ1n) is 5.50. The quantitative estimate of drug-likeness (QED) is 0.758. The minimum atomic E-state index is -0.298. The van der Waals surface area contributed by atoms with Gasteiger partial charge in [-0.15, -0.1) is 0 Å². The van der Waals surface area contributed by atoms with Crippen molar-refractivity contribution >= 4 is 0 Å².